The van der Waals surface area contributed by atoms with E-state index in [1.54, 1.807) is 0 Å². The molecule has 0 spiro atoms. The lowest BCUT2D eigenvalue weighted by molar-refractivity contribution is 0.412. The molecule has 0 aliphatic carbocycles. The van der Waals surface area contributed by atoms with E-state index in [1.807, 2.05) is 11.8 Å². The van der Waals surface area contributed by atoms with Gasteiger partial charge in [-0.2, -0.15) is 11.8 Å². The average molecular weight is 115 g/mol. The zero-order valence-corrected chi connectivity index (χ0v) is 5.55. The van der Waals surface area contributed by atoms with Gasteiger partial charge in [0.2, 0.25) is 0 Å². The van der Waals surface area contributed by atoms with Gasteiger partial charge in [-0.3, -0.25) is 0 Å². The number of rotatable bonds is 1. The van der Waals surface area contributed by atoms with Crippen LogP contribution in [0.2, 0.25) is 0 Å². The van der Waals surface area contributed by atoms with E-state index in [0.29, 0.717) is 5.41 Å². The van der Waals surface area contributed by atoms with Crippen molar-refractivity contribution in [3.8, 4) is 0 Å². The molecule has 1 radical (unpaired) electrons. The Morgan fingerprint density at radius 2 is 2.29 bits per heavy atom. The summed E-state index contributed by atoms with van der Waals surface area (Å²) >= 11 is 2.03. The third kappa shape index (κ3) is 0.933. The lowest BCUT2D eigenvalue weighted by Crippen LogP contribution is -2.30. The zero-order valence-electron chi connectivity index (χ0n) is 4.74. The van der Waals surface area contributed by atoms with E-state index in [4.69, 9.17) is 0 Å². The molecule has 1 heterocycles. The minimum atomic E-state index is 0.616. The predicted molar refractivity (Wildman–Crippen MR) is 35.4 cm³/mol. The van der Waals surface area contributed by atoms with Crippen LogP contribution in [0.1, 0.15) is 13.3 Å². The highest BCUT2D eigenvalue weighted by Crippen LogP contribution is 2.39. The van der Waals surface area contributed by atoms with Gasteiger partial charge in [0.25, 0.3) is 0 Å². The summed E-state index contributed by atoms with van der Waals surface area (Å²) in [6.07, 6.45) is 1.11. The molecule has 0 N–H and O–H groups in total. The third-order valence-electron chi connectivity index (χ3n) is 1.50. The van der Waals surface area contributed by atoms with Crippen LogP contribution in [0, 0.1) is 12.3 Å². The molecule has 0 bridgehead atoms. The first-order valence-corrected chi connectivity index (χ1v) is 3.79. The number of thioether (sulfide) groups is 1. The second-order valence-electron chi connectivity index (χ2n) is 2.55. The predicted octanol–water partition coefficient (Wildman–Crippen LogP) is 1.96. The van der Waals surface area contributed by atoms with Gasteiger partial charge < -0.3 is 0 Å². The molecular weight excluding hydrogens is 104 g/mol. The normalized spacial score (nSPS) is 26.6. The van der Waals surface area contributed by atoms with Crippen molar-refractivity contribution in [1.82, 2.24) is 0 Å². The van der Waals surface area contributed by atoms with Crippen LogP contribution in [0.3, 0.4) is 0 Å². The van der Waals surface area contributed by atoms with Gasteiger partial charge >= 0.3 is 0 Å². The molecule has 0 nitrogen and oxygen atoms in total. The SMILES string of the molecule is [CH2]CC1(C)CSC1. The molecule has 1 fully saturated rings. The molecule has 1 aliphatic rings. The average Bonchev–Trinajstić information content (AvgIpc) is 1.61. The van der Waals surface area contributed by atoms with Gasteiger partial charge in [-0.25, -0.2) is 0 Å². The Hall–Kier alpha value is 0.350. The Kier molecular flexibility index (Phi) is 1.33. The van der Waals surface area contributed by atoms with Gasteiger partial charge in [-0.1, -0.05) is 13.8 Å². The van der Waals surface area contributed by atoms with Crippen LogP contribution in [0.25, 0.3) is 0 Å². The Morgan fingerprint density at radius 1 is 1.71 bits per heavy atom. The fraction of sp³-hybridized carbons (Fsp3) is 0.833. The first kappa shape index (κ1) is 5.49. The molecule has 1 aliphatic heterocycles. The summed E-state index contributed by atoms with van der Waals surface area (Å²) in [5.74, 6) is 2.66. The minimum absolute atomic E-state index is 0.616. The lowest BCUT2D eigenvalue weighted by Gasteiger charge is -2.36. The number of hydrogen-bond acceptors (Lipinski definition) is 1. The van der Waals surface area contributed by atoms with Crippen LogP contribution >= 0.6 is 11.8 Å². The van der Waals surface area contributed by atoms with Crippen LogP contribution in [0.5, 0.6) is 0 Å². The van der Waals surface area contributed by atoms with Crippen molar-refractivity contribution in [1.29, 1.82) is 0 Å². The Bertz CT molecular complexity index is 59.1. The molecule has 1 rings (SSSR count). The largest absolute Gasteiger partial charge is 0.161 e. The van der Waals surface area contributed by atoms with E-state index < -0.39 is 0 Å². The summed E-state index contributed by atoms with van der Waals surface area (Å²) in [6.45, 7) is 6.17. The van der Waals surface area contributed by atoms with Crippen LogP contribution in [-0.2, 0) is 0 Å². The lowest BCUT2D eigenvalue weighted by atomic mass is 9.92. The molecule has 0 aromatic carbocycles. The van der Waals surface area contributed by atoms with E-state index in [2.05, 4.69) is 13.8 Å². The van der Waals surface area contributed by atoms with Crippen molar-refractivity contribution in [2.24, 2.45) is 5.41 Å². The summed E-state index contributed by atoms with van der Waals surface area (Å²) < 4.78 is 0. The van der Waals surface area contributed by atoms with Crippen LogP contribution in [-0.4, -0.2) is 11.5 Å². The van der Waals surface area contributed by atoms with Crippen LogP contribution < -0.4 is 0 Å². The van der Waals surface area contributed by atoms with Crippen molar-refractivity contribution in [2.45, 2.75) is 13.3 Å². The molecule has 0 unspecified atom stereocenters. The van der Waals surface area contributed by atoms with E-state index in [0.717, 1.165) is 6.42 Å². The molecule has 0 aromatic rings. The topological polar surface area (TPSA) is 0 Å². The molecule has 0 atom stereocenters. The molecule has 0 amide bonds. The summed E-state index contributed by atoms with van der Waals surface area (Å²) in [5, 5.41) is 0. The first-order valence-electron chi connectivity index (χ1n) is 2.64. The Balaban J connectivity index is 2.29. The van der Waals surface area contributed by atoms with E-state index in [-0.39, 0.29) is 0 Å². The molecule has 7 heavy (non-hydrogen) atoms. The molecule has 1 heteroatoms. The van der Waals surface area contributed by atoms with Gasteiger partial charge in [-0.05, 0) is 23.3 Å². The highest BCUT2D eigenvalue weighted by molar-refractivity contribution is 8.00. The van der Waals surface area contributed by atoms with E-state index in [9.17, 15) is 0 Å². The Labute approximate surface area is 49.7 Å². The standard InChI is InChI=1S/C6H11S/c1-3-6(2)4-7-5-6/h1,3-5H2,2H3. The van der Waals surface area contributed by atoms with Crippen LogP contribution in [0.4, 0.5) is 0 Å². The molecule has 41 valence electrons. The highest BCUT2D eigenvalue weighted by Gasteiger charge is 2.29. The van der Waals surface area contributed by atoms with Gasteiger partial charge in [-0.15, -0.1) is 0 Å². The maximum atomic E-state index is 3.87. The molecule has 0 aromatic heterocycles. The fourth-order valence-electron chi connectivity index (χ4n) is 0.595. The third-order valence-corrected chi connectivity index (χ3v) is 3.31. The second-order valence-corrected chi connectivity index (χ2v) is 3.54. The Morgan fingerprint density at radius 3 is 2.29 bits per heavy atom. The first-order chi connectivity index (χ1) is 3.27. The highest BCUT2D eigenvalue weighted by atomic mass is 32.2. The summed E-state index contributed by atoms with van der Waals surface area (Å²) in [6, 6.07) is 0. The molecule has 1 saturated heterocycles. The molecular formula is C6H11S. The van der Waals surface area contributed by atoms with Gasteiger partial charge in [0, 0.05) is 0 Å². The van der Waals surface area contributed by atoms with Crippen molar-refractivity contribution in [3.63, 3.8) is 0 Å². The second kappa shape index (κ2) is 1.70. The van der Waals surface area contributed by atoms with Gasteiger partial charge in [0.1, 0.15) is 0 Å². The van der Waals surface area contributed by atoms with Crippen molar-refractivity contribution < 1.29 is 0 Å². The maximum absolute atomic E-state index is 3.87. The smallest absolute Gasteiger partial charge is 0.000534 e. The summed E-state index contributed by atoms with van der Waals surface area (Å²) in [7, 11) is 0. The van der Waals surface area contributed by atoms with Crippen molar-refractivity contribution in [3.05, 3.63) is 6.92 Å². The van der Waals surface area contributed by atoms with Gasteiger partial charge in [0.05, 0.1) is 0 Å². The minimum Gasteiger partial charge on any atom is -0.161 e. The summed E-state index contributed by atoms with van der Waals surface area (Å²) in [5.41, 5.74) is 0.616. The monoisotopic (exact) mass is 115 g/mol. The van der Waals surface area contributed by atoms with Gasteiger partial charge in [0.15, 0.2) is 0 Å². The van der Waals surface area contributed by atoms with E-state index in [1.165, 1.54) is 11.5 Å². The number of hydrogen-bond donors (Lipinski definition) is 0. The maximum Gasteiger partial charge on any atom is -0.000534 e. The zero-order chi connectivity index (χ0) is 5.33. The molecule has 0 saturated carbocycles. The fourth-order valence-corrected chi connectivity index (χ4v) is 1.78. The van der Waals surface area contributed by atoms with Crippen molar-refractivity contribution >= 4 is 11.8 Å². The van der Waals surface area contributed by atoms with Crippen molar-refractivity contribution in [2.75, 3.05) is 11.5 Å². The quantitative estimate of drug-likeness (QED) is 0.503. The van der Waals surface area contributed by atoms with E-state index >= 15 is 0 Å². The summed E-state index contributed by atoms with van der Waals surface area (Å²) in [4.78, 5) is 0. The van der Waals surface area contributed by atoms with Crippen LogP contribution in [0.15, 0.2) is 0 Å².